The highest BCUT2D eigenvalue weighted by Gasteiger charge is 2.41. The summed E-state index contributed by atoms with van der Waals surface area (Å²) in [5.74, 6) is 0.806. The van der Waals surface area contributed by atoms with Gasteiger partial charge in [-0.2, -0.15) is 5.26 Å². The zero-order valence-electron chi connectivity index (χ0n) is 17.9. The Hall–Kier alpha value is -2.35. The number of hydrogen-bond acceptors (Lipinski definition) is 8. The minimum Gasteiger partial charge on any atom is -0.394 e. The van der Waals surface area contributed by atoms with Crippen molar-refractivity contribution >= 4 is 33.9 Å². The number of aryl methyl sites for hydroxylation is 1. The van der Waals surface area contributed by atoms with Crippen LogP contribution in [0.15, 0.2) is 17.3 Å². The lowest BCUT2D eigenvalue weighted by molar-refractivity contribution is 0.144. The number of fused-ring (bicyclic) bond motifs is 1. The van der Waals surface area contributed by atoms with Crippen LogP contribution < -0.4 is 10.2 Å². The first-order chi connectivity index (χ1) is 15.9. The molecule has 174 valence electrons. The molecule has 2 aliphatic heterocycles. The largest absolute Gasteiger partial charge is 0.394 e. The van der Waals surface area contributed by atoms with Gasteiger partial charge in [-0.15, -0.1) is 0 Å². The van der Waals surface area contributed by atoms with Crippen LogP contribution in [-0.2, 0) is 17.2 Å². The van der Waals surface area contributed by atoms with E-state index in [4.69, 9.17) is 16.6 Å². The van der Waals surface area contributed by atoms with Crippen molar-refractivity contribution in [2.75, 3.05) is 35.7 Å². The first kappa shape index (κ1) is 22.4. The summed E-state index contributed by atoms with van der Waals surface area (Å²) in [5.41, 5.74) is 0.903. The van der Waals surface area contributed by atoms with E-state index in [9.17, 15) is 14.6 Å². The maximum Gasteiger partial charge on any atom is 0.149 e. The minimum absolute atomic E-state index is 0.0464. The quantitative estimate of drug-likeness (QED) is 0.657. The van der Waals surface area contributed by atoms with Crippen molar-refractivity contribution in [3.05, 3.63) is 34.5 Å². The van der Waals surface area contributed by atoms with Crippen molar-refractivity contribution in [1.29, 1.82) is 5.26 Å². The van der Waals surface area contributed by atoms with Crippen molar-refractivity contribution < 1.29 is 13.7 Å². The van der Waals surface area contributed by atoms with E-state index in [1.54, 1.807) is 4.90 Å². The predicted octanol–water partition coefficient (Wildman–Crippen LogP) is 2.72. The van der Waals surface area contributed by atoms with Crippen LogP contribution in [0, 0.1) is 11.3 Å². The molecule has 0 spiro atoms. The van der Waals surface area contributed by atoms with Crippen molar-refractivity contribution in [2.24, 2.45) is 0 Å². The zero-order chi connectivity index (χ0) is 23.2. The van der Waals surface area contributed by atoms with Gasteiger partial charge in [0.2, 0.25) is 0 Å². The van der Waals surface area contributed by atoms with Gasteiger partial charge in [0.05, 0.1) is 56.7 Å². The molecule has 1 saturated heterocycles. The van der Waals surface area contributed by atoms with Crippen LogP contribution in [0.4, 0.5) is 15.9 Å². The first-order valence-electron chi connectivity index (χ1n) is 11.1. The molecule has 2 fully saturated rings. The molecule has 2 unspecified atom stereocenters. The Bertz CT molecular complexity index is 1130. The van der Waals surface area contributed by atoms with Crippen molar-refractivity contribution in [3.63, 3.8) is 0 Å². The number of rotatable bonds is 5. The summed E-state index contributed by atoms with van der Waals surface area (Å²) in [6.45, 7) is 0.450. The second-order valence-electron chi connectivity index (χ2n) is 8.91. The second-order valence-corrected chi connectivity index (χ2v) is 10.9. The van der Waals surface area contributed by atoms with E-state index >= 15 is 4.39 Å². The molecule has 2 aromatic heterocycles. The van der Waals surface area contributed by atoms with Crippen LogP contribution in [0.25, 0.3) is 0 Å². The first-order valence-corrected chi connectivity index (χ1v) is 12.8. The number of halogens is 2. The molecule has 0 amide bonds. The molecule has 11 heteroatoms. The molecule has 4 heterocycles. The Labute approximate surface area is 198 Å². The monoisotopic (exact) mass is 490 g/mol. The summed E-state index contributed by atoms with van der Waals surface area (Å²) in [7, 11) is -1.27. The third-order valence-corrected chi connectivity index (χ3v) is 8.55. The molecule has 0 aromatic carbocycles. The number of aliphatic hydroxyl groups is 1. The molecule has 33 heavy (non-hydrogen) atoms. The maximum absolute atomic E-state index is 15.3. The highest BCUT2D eigenvalue weighted by molar-refractivity contribution is 7.85. The summed E-state index contributed by atoms with van der Waals surface area (Å²) in [6, 6.07) is 2.23. The van der Waals surface area contributed by atoms with E-state index in [2.05, 4.69) is 21.4 Å². The number of alkyl halides is 1. The number of nitrogens with one attached hydrogen (secondary N) is 1. The molecular formula is C22H24ClFN6O2S. The molecule has 8 nitrogen and oxygen atoms in total. The van der Waals surface area contributed by atoms with E-state index in [0.717, 1.165) is 19.3 Å². The molecule has 0 radical (unpaired) electrons. The number of aromatic nitrogens is 3. The fourth-order valence-corrected chi connectivity index (χ4v) is 6.33. The van der Waals surface area contributed by atoms with Crippen LogP contribution >= 0.6 is 11.6 Å². The Balaban J connectivity index is 1.49. The number of piperidine rings is 1. The van der Waals surface area contributed by atoms with Crippen molar-refractivity contribution in [1.82, 2.24) is 15.0 Å². The highest BCUT2D eigenvalue weighted by Crippen LogP contribution is 2.43. The Kier molecular flexibility index (Phi) is 5.97. The van der Waals surface area contributed by atoms with Crippen LogP contribution in [-0.4, -0.2) is 61.4 Å². The highest BCUT2D eigenvalue weighted by atomic mass is 35.5. The van der Waals surface area contributed by atoms with Gasteiger partial charge in [0, 0.05) is 31.1 Å². The number of anilines is 2. The van der Waals surface area contributed by atoms with Gasteiger partial charge in [-0.1, -0.05) is 11.6 Å². The van der Waals surface area contributed by atoms with Crippen LogP contribution in [0.1, 0.15) is 48.7 Å². The number of hydrogen-bond donors (Lipinski definition) is 2. The van der Waals surface area contributed by atoms with Crippen molar-refractivity contribution in [3.8, 4) is 6.07 Å². The molecule has 1 aliphatic carbocycles. The van der Waals surface area contributed by atoms with E-state index in [-0.39, 0.29) is 18.7 Å². The lowest BCUT2D eigenvalue weighted by atomic mass is 9.77. The lowest BCUT2D eigenvalue weighted by Gasteiger charge is -2.43. The van der Waals surface area contributed by atoms with Gasteiger partial charge in [0.25, 0.3) is 0 Å². The molecule has 3 atom stereocenters. The smallest absolute Gasteiger partial charge is 0.149 e. The normalized spacial score (nSPS) is 25.8. The van der Waals surface area contributed by atoms with Crippen molar-refractivity contribution in [2.45, 2.75) is 54.6 Å². The SMILES string of the molecule is N#Cc1c(N2CCC(c3ncc(Cl)cn3)C(F)C2)nc2c(c1NC1(CO)CCC1)[S@@](=O)CC2. The molecule has 1 saturated carbocycles. The van der Waals surface area contributed by atoms with E-state index in [1.807, 2.05) is 0 Å². The zero-order valence-corrected chi connectivity index (χ0v) is 19.5. The van der Waals surface area contributed by atoms with E-state index in [1.165, 1.54) is 12.4 Å². The molecule has 3 aliphatic rings. The average Bonchev–Trinajstić information content (AvgIpc) is 3.17. The maximum atomic E-state index is 15.3. The van der Waals surface area contributed by atoms with Gasteiger partial charge >= 0.3 is 0 Å². The average molecular weight is 491 g/mol. The van der Waals surface area contributed by atoms with Gasteiger partial charge in [0.15, 0.2) is 0 Å². The van der Waals surface area contributed by atoms with Gasteiger partial charge in [-0.3, -0.25) is 4.21 Å². The van der Waals surface area contributed by atoms with Crippen LogP contribution in [0.3, 0.4) is 0 Å². The standard InChI is InChI=1S/C22H24ClFN6O2S/c23-13-9-26-20(27-10-13)14-2-6-30(11-16(14)24)21-15(8-25)18(29-22(12-31)4-1-5-22)19-17(28-21)3-7-33(19)32/h9-10,14,16,31H,1-7,11-12H2,(H,28,29)/t14?,16?,33-/m0/s1. The summed E-state index contributed by atoms with van der Waals surface area (Å²) in [4.78, 5) is 15.4. The fourth-order valence-electron chi connectivity index (χ4n) is 4.86. The number of aliphatic hydroxyl groups excluding tert-OH is 1. The van der Waals surface area contributed by atoms with Gasteiger partial charge in [-0.25, -0.2) is 19.3 Å². The Morgan fingerprint density at radius 3 is 2.76 bits per heavy atom. The molecule has 2 aromatic rings. The topological polar surface area (TPSA) is 115 Å². The van der Waals surface area contributed by atoms with E-state index < -0.39 is 28.4 Å². The van der Waals surface area contributed by atoms with Gasteiger partial charge in [0.1, 0.15) is 29.4 Å². The Morgan fingerprint density at radius 1 is 1.39 bits per heavy atom. The number of pyridine rings is 1. The molecule has 5 rings (SSSR count). The fraction of sp³-hybridized carbons (Fsp3) is 0.545. The molecule has 2 N–H and O–H groups in total. The van der Waals surface area contributed by atoms with Crippen LogP contribution in [0.2, 0.25) is 5.02 Å². The third-order valence-electron chi connectivity index (χ3n) is 6.88. The summed E-state index contributed by atoms with van der Waals surface area (Å²) in [6.07, 6.45) is 5.20. The summed E-state index contributed by atoms with van der Waals surface area (Å²) >= 11 is 5.86. The number of nitriles is 1. The number of nitrogens with zero attached hydrogens (tertiary/aromatic N) is 5. The van der Waals surface area contributed by atoms with Gasteiger partial charge in [-0.05, 0) is 25.7 Å². The molecule has 0 bridgehead atoms. The summed E-state index contributed by atoms with van der Waals surface area (Å²) < 4.78 is 28.0. The van der Waals surface area contributed by atoms with Crippen LogP contribution in [0.5, 0.6) is 0 Å². The summed E-state index contributed by atoms with van der Waals surface area (Å²) in [5, 5.41) is 23.8. The Morgan fingerprint density at radius 2 is 2.15 bits per heavy atom. The van der Waals surface area contributed by atoms with Gasteiger partial charge < -0.3 is 15.3 Å². The predicted molar refractivity (Wildman–Crippen MR) is 123 cm³/mol. The lowest BCUT2D eigenvalue weighted by Crippen LogP contribution is -2.49. The third kappa shape index (κ3) is 3.96. The minimum atomic E-state index is -1.27. The second kappa shape index (κ2) is 8.78. The molecular weight excluding hydrogens is 467 g/mol. The van der Waals surface area contributed by atoms with E-state index in [0.29, 0.717) is 58.1 Å².